The van der Waals surface area contributed by atoms with E-state index in [9.17, 15) is 18.7 Å². The van der Waals surface area contributed by atoms with Gasteiger partial charge in [0.1, 0.15) is 17.4 Å². The van der Waals surface area contributed by atoms with Gasteiger partial charge in [-0.2, -0.15) is 0 Å². The van der Waals surface area contributed by atoms with Crippen LogP contribution in [0.1, 0.15) is 43.5 Å². The summed E-state index contributed by atoms with van der Waals surface area (Å²) in [4.78, 5) is 25.3. The van der Waals surface area contributed by atoms with Crippen LogP contribution in [-0.2, 0) is 4.79 Å². The van der Waals surface area contributed by atoms with E-state index < -0.39 is 30.3 Å². The molecule has 1 aliphatic carbocycles. The van der Waals surface area contributed by atoms with Gasteiger partial charge < -0.3 is 10.4 Å². The summed E-state index contributed by atoms with van der Waals surface area (Å²) >= 11 is 0. The summed E-state index contributed by atoms with van der Waals surface area (Å²) in [6, 6.07) is 5.49. The Morgan fingerprint density at radius 1 is 1.24 bits per heavy atom. The van der Waals surface area contributed by atoms with Crippen LogP contribution < -0.4 is 5.32 Å². The number of hydrogen-bond donors (Lipinski definition) is 2. The number of aliphatic hydroxyl groups is 1. The predicted molar refractivity (Wildman–Crippen MR) is 120 cm³/mol. The first-order valence-corrected chi connectivity index (χ1v) is 10.9. The molecule has 2 unspecified atom stereocenters. The molecule has 0 aromatic carbocycles. The Hall–Kier alpha value is -3.46. The Kier molecular flexibility index (Phi) is 5.08. The monoisotopic (exact) mass is 451 g/mol. The first kappa shape index (κ1) is 21.4. The number of aryl methyl sites for hydroxylation is 1. The maximum absolute atomic E-state index is 13.2. The number of nitrogens with zero attached hydrogens (tertiary/aromatic N) is 4. The predicted octanol–water partition coefficient (Wildman–Crippen LogP) is 4.68. The van der Waals surface area contributed by atoms with Crippen LogP contribution in [0.15, 0.2) is 43.0 Å². The zero-order valence-corrected chi connectivity index (χ0v) is 18.2. The number of hydrogen-bond acceptors (Lipinski definition) is 5. The molecule has 4 aromatic rings. The van der Waals surface area contributed by atoms with Crippen LogP contribution in [0, 0.1) is 12.8 Å². The second kappa shape index (κ2) is 7.84. The fourth-order valence-electron chi connectivity index (χ4n) is 4.13. The second-order valence-electron chi connectivity index (χ2n) is 8.54. The molecule has 33 heavy (non-hydrogen) atoms. The molecule has 1 saturated carbocycles. The number of halogens is 2. The highest BCUT2D eigenvalue weighted by Crippen LogP contribution is 2.49. The van der Waals surface area contributed by atoms with Gasteiger partial charge in [0.05, 0.1) is 17.3 Å². The number of carbonyl (C=O) groups is 1. The van der Waals surface area contributed by atoms with E-state index in [1.54, 1.807) is 30.9 Å². The van der Waals surface area contributed by atoms with E-state index in [-0.39, 0.29) is 5.82 Å². The van der Waals surface area contributed by atoms with Crippen molar-refractivity contribution >= 4 is 28.3 Å². The molecule has 170 valence electrons. The van der Waals surface area contributed by atoms with Gasteiger partial charge in [-0.3, -0.25) is 14.2 Å². The quantitative estimate of drug-likeness (QED) is 0.444. The lowest BCUT2D eigenvalue weighted by Crippen LogP contribution is -2.18. The van der Waals surface area contributed by atoms with Crippen molar-refractivity contribution < 1.29 is 18.7 Å². The molecule has 4 heterocycles. The van der Waals surface area contributed by atoms with Gasteiger partial charge in [0.15, 0.2) is 0 Å². The summed E-state index contributed by atoms with van der Waals surface area (Å²) in [5.41, 5.74) is 4.76. The van der Waals surface area contributed by atoms with Crippen molar-refractivity contribution in [3.63, 3.8) is 0 Å². The number of nitrogens with one attached hydrogen (secondary N) is 1. The molecule has 0 spiro atoms. The number of fused-ring (bicyclic) bond motifs is 3. The maximum Gasteiger partial charge on any atom is 0.260 e. The minimum atomic E-state index is -2.93. The lowest BCUT2D eigenvalue weighted by atomic mass is 10.00. The van der Waals surface area contributed by atoms with E-state index in [2.05, 4.69) is 20.3 Å². The molecule has 0 bridgehead atoms. The Balaban J connectivity index is 1.54. The molecule has 0 saturated heterocycles. The van der Waals surface area contributed by atoms with E-state index in [0.717, 1.165) is 34.0 Å². The number of anilines is 1. The Labute approximate surface area is 188 Å². The molecule has 2 N–H and O–H groups in total. The molecule has 0 radical (unpaired) electrons. The third kappa shape index (κ3) is 3.82. The summed E-state index contributed by atoms with van der Waals surface area (Å²) in [6.45, 7) is 3.98. The minimum absolute atomic E-state index is 0.213. The number of carbonyl (C=O) groups excluding carboxylic acids is 1. The smallest absolute Gasteiger partial charge is 0.260 e. The van der Waals surface area contributed by atoms with Gasteiger partial charge in [-0.05, 0) is 31.0 Å². The lowest BCUT2D eigenvalue weighted by Gasteiger charge is -2.14. The molecular weight excluding hydrogens is 428 g/mol. The number of amides is 1. The van der Waals surface area contributed by atoms with Crippen LogP contribution in [0.2, 0.25) is 0 Å². The van der Waals surface area contributed by atoms with Gasteiger partial charge in [0, 0.05) is 53.8 Å². The van der Waals surface area contributed by atoms with Crippen molar-refractivity contribution in [1.82, 2.24) is 19.4 Å². The van der Waals surface area contributed by atoms with Crippen LogP contribution in [0.3, 0.4) is 0 Å². The zero-order chi connectivity index (χ0) is 23.3. The number of alkyl halides is 2. The van der Waals surface area contributed by atoms with E-state index in [4.69, 9.17) is 0 Å². The highest BCUT2D eigenvalue weighted by atomic mass is 19.3. The fraction of sp³-hybridized carbons (Fsp3) is 0.333. The fourth-order valence-corrected chi connectivity index (χ4v) is 4.13. The Bertz CT molecular complexity index is 1380. The maximum atomic E-state index is 13.2. The Morgan fingerprint density at radius 2 is 2.03 bits per heavy atom. The van der Waals surface area contributed by atoms with Crippen molar-refractivity contribution in [3.05, 3.63) is 54.2 Å². The highest BCUT2D eigenvalue weighted by molar-refractivity contribution is 5.97. The van der Waals surface area contributed by atoms with Gasteiger partial charge in [0.2, 0.25) is 5.91 Å². The van der Waals surface area contributed by atoms with Crippen molar-refractivity contribution in [1.29, 1.82) is 0 Å². The van der Waals surface area contributed by atoms with Gasteiger partial charge in [-0.1, -0.05) is 13.3 Å². The summed E-state index contributed by atoms with van der Waals surface area (Å²) in [6.07, 6.45) is 7.30. The largest absolute Gasteiger partial charge is 0.387 e. The van der Waals surface area contributed by atoms with E-state index in [1.165, 1.54) is 0 Å². The molecule has 0 aliphatic heterocycles. The summed E-state index contributed by atoms with van der Waals surface area (Å²) in [5.74, 6) is -4.73. The standard InChI is InChI=1S/C24H23F2N5O2/c1-3-4-20(32)18-7-13(2)16(12-28-18)15-8-14-11-29-21(30-23(33)17-10-24(17,25)26)9-19(14)31-6-5-27-22(15)31/h5-9,11-12,17,20,32H,3-4,10H2,1-2H3,(H,29,30,33). The number of imidazole rings is 1. The SMILES string of the molecule is CCCC(O)c1cc(C)c(-c2cc3cnc(NC(=O)C4CC4(F)F)cc3n3ccnc23)cn1. The van der Waals surface area contributed by atoms with Crippen LogP contribution >= 0.6 is 0 Å². The lowest BCUT2D eigenvalue weighted by molar-refractivity contribution is -0.119. The Morgan fingerprint density at radius 3 is 2.73 bits per heavy atom. The number of rotatable bonds is 6. The molecular formula is C24H23F2N5O2. The summed E-state index contributed by atoms with van der Waals surface area (Å²) < 4.78 is 28.3. The average Bonchev–Trinajstić information content (AvgIpc) is 3.18. The van der Waals surface area contributed by atoms with Gasteiger partial charge in [-0.15, -0.1) is 0 Å². The van der Waals surface area contributed by atoms with E-state index in [1.807, 2.05) is 30.4 Å². The number of pyridine rings is 3. The first-order valence-electron chi connectivity index (χ1n) is 10.9. The van der Waals surface area contributed by atoms with Crippen molar-refractivity contribution in [2.24, 2.45) is 5.92 Å². The topological polar surface area (TPSA) is 92.4 Å². The molecule has 1 aliphatic rings. The number of aliphatic hydroxyl groups excluding tert-OH is 1. The van der Waals surface area contributed by atoms with Gasteiger partial charge >= 0.3 is 0 Å². The average molecular weight is 451 g/mol. The van der Waals surface area contributed by atoms with E-state index >= 15 is 0 Å². The third-order valence-corrected chi connectivity index (χ3v) is 6.07. The van der Waals surface area contributed by atoms with Crippen LogP contribution in [0.4, 0.5) is 14.6 Å². The second-order valence-corrected chi connectivity index (χ2v) is 8.54. The summed E-state index contributed by atoms with van der Waals surface area (Å²) in [7, 11) is 0. The normalized spacial score (nSPS) is 17.9. The van der Waals surface area contributed by atoms with E-state index in [0.29, 0.717) is 17.8 Å². The molecule has 4 aromatic heterocycles. The molecule has 1 amide bonds. The van der Waals surface area contributed by atoms with Gasteiger partial charge in [0.25, 0.3) is 5.92 Å². The zero-order valence-electron chi connectivity index (χ0n) is 18.2. The van der Waals surface area contributed by atoms with Crippen LogP contribution in [-0.4, -0.2) is 36.3 Å². The molecule has 5 rings (SSSR count). The van der Waals surface area contributed by atoms with Crippen molar-refractivity contribution in [3.8, 4) is 11.1 Å². The van der Waals surface area contributed by atoms with Crippen LogP contribution in [0.25, 0.3) is 27.7 Å². The minimum Gasteiger partial charge on any atom is -0.387 e. The van der Waals surface area contributed by atoms with Crippen molar-refractivity contribution in [2.45, 2.75) is 45.1 Å². The van der Waals surface area contributed by atoms with Crippen molar-refractivity contribution in [2.75, 3.05) is 5.32 Å². The summed E-state index contributed by atoms with van der Waals surface area (Å²) in [5, 5.41) is 13.6. The molecule has 9 heteroatoms. The van der Waals surface area contributed by atoms with Gasteiger partial charge in [-0.25, -0.2) is 18.7 Å². The molecule has 7 nitrogen and oxygen atoms in total. The highest BCUT2D eigenvalue weighted by Gasteiger charge is 2.61. The molecule has 1 fully saturated rings. The van der Waals surface area contributed by atoms with Crippen LogP contribution in [0.5, 0.6) is 0 Å². The first-order chi connectivity index (χ1) is 15.8. The molecule has 2 atom stereocenters. The third-order valence-electron chi connectivity index (χ3n) is 6.07. The number of aromatic nitrogens is 4.